The molecule has 2 N–H and O–H groups in total. The van der Waals surface area contributed by atoms with E-state index in [9.17, 15) is 27.9 Å². The fourth-order valence-corrected chi connectivity index (χ4v) is 3.62. The summed E-state index contributed by atoms with van der Waals surface area (Å²) in [6.07, 6.45) is -2.08. The first-order chi connectivity index (χ1) is 15.2. The zero-order valence-electron chi connectivity index (χ0n) is 16.8. The molecule has 3 aromatic rings. The maximum atomic E-state index is 13.0. The molecule has 1 fully saturated rings. The molecule has 166 valence electrons. The minimum Gasteiger partial charge on any atom is -0.487 e. The van der Waals surface area contributed by atoms with Crippen LogP contribution in [0.1, 0.15) is 40.9 Å². The summed E-state index contributed by atoms with van der Waals surface area (Å²) in [5, 5.41) is 13.6. The first-order valence-corrected chi connectivity index (χ1v) is 9.92. The molecule has 2 aromatic carbocycles. The third-order valence-corrected chi connectivity index (χ3v) is 5.59. The van der Waals surface area contributed by atoms with E-state index in [1.165, 1.54) is 6.07 Å². The number of aliphatic carboxylic acids is 1. The van der Waals surface area contributed by atoms with E-state index in [-0.39, 0.29) is 17.9 Å². The third-order valence-electron chi connectivity index (χ3n) is 5.59. The molecular formula is C23H19F3N2O4. The number of nitrogens with zero attached hydrogens (tertiary/aromatic N) is 1. The SMILES string of the molecule is O=C(NC1(C(=O)O)CCC1)c1ccc2ccccc2c1OCc1ccc(C(F)(F)F)nc1. The Labute approximate surface area is 181 Å². The molecule has 4 rings (SSSR count). The molecule has 0 aliphatic heterocycles. The fraction of sp³-hybridized carbons (Fsp3) is 0.261. The van der Waals surface area contributed by atoms with Crippen molar-refractivity contribution in [1.82, 2.24) is 10.3 Å². The zero-order chi connectivity index (χ0) is 22.9. The van der Waals surface area contributed by atoms with Gasteiger partial charge in [-0.05, 0) is 36.8 Å². The van der Waals surface area contributed by atoms with E-state index in [0.717, 1.165) is 17.6 Å². The first kappa shape index (κ1) is 21.6. The van der Waals surface area contributed by atoms with Crippen molar-refractivity contribution in [3.8, 4) is 5.75 Å². The Bertz CT molecular complexity index is 1170. The van der Waals surface area contributed by atoms with Crippen molar-refractivity contribution in [3.63, 3.8) is 0 Å². The van der Waals surface area contributed by atoms with Gasteiger partial charge in [-0.15, -0.1) is 0 Å². The molecule has 0 spiro atoms. The molecule has 9 heteroatoms. The van der Waals surface area contributed by atoms with Crippen LogP contribution in [0.25, 0.3) is 10.8 Å². The third kappa shape index (κ3) is 4.10. The van der Waals surface area contributed by atoms with Crippen molar-refractivity contribution < 1.29 is 32.6 Å². The van der Waals surface area contributed by atoms with E-state index in [4.69, 9.17) is 4.74 Å². The van der Waals surface area contributed by atoms with Crippen LogP contribution < -0.4 is 10.1 Å². The van der Waals surface area contributed by atoms with Gasteiger partial charge in [-0.1, -0.05) is 36.4 Å². The average molecular weight is 444 g/mol. The highest BCUT2D eigenvalue weighted by molar-refractivity contribution is 6.05. The monoisotopic (exact) mass is 444 g/mol. The van der Waals surface area contributed by atoms with E-state index < -0.39 is 29.3 Å². The minimum absolute atomic E-state index is 0.122. The maximum absolute atomic E-state index is 13.0. The number of nitrogens with one attached hydrogen (secondary N) is 1. The van der Waals surface area contributed by atoms with Gasteiger partial charge in [-0.2, -0.15) is 13.2 Å². The van der Waals surface area contributed by atoms with Gasteiger partial charge in [-0.25, -0.2) is 4.79 Å². The van der Waals surface area contributed by atoms with Crippen LogP contribution in [0.4, 0.5) is 13.2 Å². The van der Waals surface area contributed by atoms with Crippen LogP contribution in [0.2, 0.25) is 0 Å². The summed E-state index contributed by atoms with van der Waals surface area (Å²) in [6, 6.07) is 12.6. The lowest BCUT2D eigenvalue weighted by Crippen LogP contribution is -2.59. The lowest BCUT2D eigenvalue weighted by atomic mass is 9.76. The molecule has 0 atom stereocenters. The van der Waals surface area contributed by atoms with Crippen molar-refractivity contribution >= 4 is 22.6 Å². The normalized spacial score (nSPS) is 15.1. The standard InChI is InChI=1S/C23H19F3N2O4/c24-23(25,26)18-9-6-14(12-27-18)13-32-19-16-5-2-1-4-15(16)7-8-17(19)20(29)28-22(21(30)31)10-3-11-22/h1-2,4-9,12H,3,10-11,13H2,(H,28,29)(H,30,31). The van der Waals surface area contributed by atoms with Crippen LogP contribution in [0, 0.1) is 0 Å². The topological polar surface area (TPSA) is 88.5 Å². The molecule has 32 heavy (non-hydrogen) atoms. The Morgan fingerprint density at radius 3 is 2.44 bits per heavy atom. The van der Waals surface area contributed by atoms with Gasteiger partial charge in [0.1, 0.15) is 23.6 Å². The Morgan fingerprint density at radius 2 is 1.84 bits per heavy atom. The van der Waals surface area contributed by atoms with Crippen molar-refractivity contribution in [2.45, 2.75) is 37.6 Å². The van der Waals surface area contributed by atoms with Crippen molar-refractivity contribution in [1.29, 1.82) is 0 Å². The van der Waals surface area contributed by atoms with E-state index in [2.05, 4.69) is 10.3 Å². The molecule has 6 nitrogen and oxygen atoms in total. The summed E-state index contributed by atoms with van der Waals surface area (Å²) < 4.78 is 44.1. The van der Waals surface area contributed by atoms with Crippen LogP contribution >= 0.6 is 0 Å². The number of hydrogen-bond donors (Lipinski definition) is 2. The number of rotatable bonds is 6. The van der Waals surface area contributed by atoms with Gasteiger partial charge in [0, 0.05) is 17.1 Å². The molecule has 1 amide bonds. The van der Waals surface area contributed by atoms with Crippen LogP contribution in [0.3, 0.4) is 0 Å². The van der Waals surface area contributed by atoms with Crippen molar-refractivity contribution in [3.05, 3.63) is 71.5 Å². The van der Waals surface area contributed by atoms with Crippen LogP contribution in [-0.2, 0) is 17.6 Å². The molecule has 0 unspecified atom stereocenters. The zero-order valence-corrected chi connectivity index (χ0v) is 16.8. The summed E-state index contributed by atoms with van der Waals surface area (Å²) in [5.74, 6) is -1.45. The number of carbonyl (C=O) groups is 2. The van der Waals surface area contributed by atoms with Gasteiger partial charge in [0.2, 0.25) is 0 Å². The number of hydrogen-bond acceptors (Lipinski definition) is 4. The number of alkyl halides is 3. The van der Waals surface area contributed by atoms with E-state index >= 15 is 0 Å². The second-order valence-corrected chi connectivity index (χ2v) is 7.70. The Hall–Kier alpha value is -3.62. The van der Waals surface area contributed by atoms with Gasteiger partial charge >= 0.3 is 12.1 Å². The second kappa shape index (κ2) is 8.14. The summed E-state index contributed by atoms with van der Waals surface area (Å²) in [4.78, 5) is 28.1. The Morgan fingerprint density at radius 1 is 1.09 bits per heavy atom. The number of ether oxygens (including phenoxy) is 1. The maximum Gasteiger partial charge on any atom is 0.433 e. The molecular weight excluding hydrogens is 425 g/mol. The lowest BCUT2D eigenvalue weighted by Gasteiger charge is -2.38. The highest BCUT2D eigenvalue weighted by Gasteiger charge is 2.46. The summed E-state index contributed by atoms with van der Waals surface area (Å²) >= 11 is 0. The molecule has 1 aliphatic rings. The molecule has 1 aromatic heterocycles. The van der Waals surface area contributed by atoms with Gasteiger partial charge in [0.15, 0.2) is 0 Å². The average Bonchev–Trinajstić information content (AvgIpc) is 2.73. The second-order valence-electron chi connectivity index (χ2n) is 7.70. The number of aromatic nitrogens is 1. The van der Waals surface area contributed by atoms with Crippen molar-refractivity contribution in [2.75, 3.05) is 0 Å². The molecule has 1 saturated carbocycles. The summed E-state index contributed by atoms with van der Waals surface area (Å²) in [5.41, 5.74) is -1.77. The number of fused-ring (bicyclic) bond motifs is 1. The highest BCUT2D eigenvalue weighted by atomic mass is 19.4. The van der Waals surface area contributed by atoms with Gasteiger partial charge < -0.3 is 15.2 Å². The van der Waals surface area contributed by atoms with Gasteiger partial charge in [0.05, 0.1) is 5.56 Å². The van der Waals surface area contributed by atoms with Crippen LogP contribution in [-0.4, -0.2) is 27.5 Å². The number of pyridine rings is 1. The minimum atomic E-state index is -4.54. The Balaban J connectivity index is 1.63. The number of carboxylic acids is 1. The van der Waals surface area contributed by atoms with E-state index in [0.29, 0.717) is 30.2 Å². The number of carbonyl (C=O) groups excluding carboxylic acids is 1. The van der Waals surface area contributed by atoms with Gasteiger partial charge in [0.25, 0.3) is 5.91 Å². The smallest absolute Gasteiger partial charge is 0.433 e. The highest BCUT2D eigenvalue weighted by Crippen LogP contribution is 2.35. The summed E-state index contributed by atoms with van der Waals surface area (Å²) in [6.45, 7) is -0.122. The first-order valence-electron chi connectivity index (χ1n) is 9.92. The fourth-order valence-electron chi connectivity index (χ4n) is 3.62. The molecule has 0 saturated heterocycles. The quantitative estimate of drug-likeness (QED) is 0.582. The number of halogens is 3. The molecule has 1 heterocycles. The number of amides is 1. The Kier molecular flexibility index (Phi) is 5.50. The predicted octanol–water partition coefficient (Wildman–Crippen LogP) is 4.57. The summed E-state index contributed by atoms with van der Waals surface area (Å²) in [7, 11) is 0. The van der Waals surface area contributed by atoms with Crippen LogP contribution in [0.15, 0.2) is 54.7 Å². The van der Waals surface area contributed by atoms with Crippen LogP contribution in [0.5, 0.6) is 5.75 Å². The van der Waals surface area contributed by atoms with E-state index in [1.54, 1.807) is 24.3 Å². The van der Waals surface area contributed by atoms with E-state index in [1.807, 2.05) is 12.1 Å². The predicted molar refractivity (Wildman–Crippen MR) is 109 cm³/mol. The molecule has 1 aliphatic carbocycles. The number of carboxylic acid groups (broad SMARTS) is 1. The molecule has 0 radical (unpaired) electrons. The van der Waals surface area contributed by atoms with Gasteiger partial charge in [-0.3, -0.25) is 9.78 Å². The van der Waals surface area contributed by atoms with Crippen molar-refractivity contribution in [2.24, 2.45) is 0 Å². The largest absolute Gasteiger partial charge is 0.487 e. The number of benzene rings is 2. The lowest BCUT2D eigenvalue weighted by molar-refractivity contribution is -0.148. The molecule has 0 bridgehead atoms.